The number of hydrogen-bond acceptors (Lipinski definition) is 4. The molecule has 102 valence electrons. The summed E-state index contributed by atoms with van der Waals surface area (Å²) in [5.41, 5.74) is 0.440. The number of ether oxygens (including phenoxy) is 2. The van der Waals surface area contributed by atoms with Gasteiger partial charge in [-0.1, -0.05) is 18.2 Å². The second kappa shape index (κ2) is 7.36. The van der Waals surface area contributed by atoms with Crippen molar-refractivity contribution in [3.05, 3.63) is 29.8 Å². The molecule has 18 heavy (non-hydrogen) atoms. The van der Waals surface area contributed by atoms with Crippen LogP contribution in [0.25, 0.3) is 0 Å². The minimum atomic E-state index is -0.524. The fourth-order valence-electron chi connectivity index (χ4n) is 1.87. The van der Waals surface area contributed by atoms with E-state index in [9.17, 15) is 5.11 Å². The molecule has 1 unspecified atom stereocenters. The number of aliphatic hydroxyl groups is 1. The lowest BCUT2D eigenvalue weighted by atomic mass is 9.92. The van der Waals surface area contributed by atoms with Crippen LogP contribution in [0.1, 0.15) is 19.4 Å². The normalized spacial score (nSPS) is 14.2. The number of aliphatic hydroxyl groups excluding tert-OH is 1. The third-order valence-corrected chi connectivity index (χ3v) is 2.92. The Balaban J connectivity index is 2.91. The smallest absolute Gasteiger partial charge is 0.124 e. The van der Waals surface area contributed by atoms with Crippen LogP contribution in [-0.2, 0) is 10.3 Å². The minimum Gasteiger partial charge on any atom is -0.494 e. The van der Waals surface area contributed by atoms with E-state index in [0.29, 0.717) is 19.8 Å². The molecule has 0 saturated heterocycles. The van der Waals surface area contributed by atoms with Crippen molar-refractivity contribution in [2.75, 3.05) is 33.5 Å². The van der Waals surface area contributed by atoms with E-state index in [2.05, 4.69) is 5.32 Å². The summed E-state index contributed by atoms with van der Waals surface area (Å²) in [4.78, 5) is 0. The first kappa shape index (κ1) is 15.0. The zero-order valence-corrected chi connectivity index (χ0v) is 11.4. The number of benzene rings is 1. The van der Waals surface area contributed by atoms with Gasteiger partial charge in [0.25, 0.3) is 0 Å². The van der Waals surface area contributed by atoms with Gasteiger partial charge in [0.2, 0.25) is 0 Å². The minimum absolute atomic E-state index is 0.000796. The van der Waals surface area contributed by atoms with Crippen LogP contribution >= 0.6 is 0 Å². The van der Waals surface area contributed by atoms with Crippen LogP contribution in [0.2, 0.25) is 0 Å². The number of para-hydroxylation sites is 1. The quantitative estimate of drug-likeness (QED) is 0.690. The van der Waals surface area contributed by atoms with Gasteiger partial charge in [-0.05, 0) is 19.9 Å². The topological polar surface area (TPSA) is 50.7 Å². The van der Waals surface area contributed by atoms with Crippen molar-refractivity contribution in [3.63, 3.8) is 0 Å². The molecule has 0 fully saturated rings. The summed E-state index contributed by atoms with van der Waals surface area (Å²) in [6.07, 6.45) is 0. The molecule has 0 heterocycles. The van der Waals surface area contributed by atoms with E-state index >= 15 is 0 Å². The fraction of sp³-hybridized carbons (Fsp3) is 0.571. The van der Waals surface area contributed by atoms with Crippen molar-refractivity contribution >= 4 is 0 Å². The Kier molecular flexibility index (Phi) is 6.12. The van der Waals surface area contributed by atoms with Crippen molar-refractivity contribution in [3.8, 4) is 5.75 Å². The van der Waals surface area contributed by atoms with Crippen LogP contribution in [0.15, 0.2) is 24.3 Å². The molecule has 1 aromatic carbocycles. The second-order valence-corrected chi connectivity index (χ2v) is 4.34. The fourth-order valence-corrected chi connectivity index (χ4v) is 1.87. The molecule has 0 aliphatic heterocycles. The predicted octanol–water partition coefficient (Wildman–Crippen LogP) is 1.53. The van der Waals surface area contributed by atoms with E-state index in [-0.39, 0.29) is 6.61 Å². The van der Waals surface area contributed by atoms with Gasteiger partial charge in [-0.3, -0.25) is 0 Å². The summed E-state index contributed by atoms with van der Waals surface area (Å²) in [7, 11) is 1.66. The van der Waals surface area contributed by atoms with Gasteiger partial charge in [0.1, 0.15) is 5.75 Å². The molecule has 0 aliphatic rings. The van der Waals surface area contributed by atoms with Crippen LogP contribution in [0.4, 0.5) is 0 Å². The number of methoxy groups -OCH3 is 1. The van der Waals surface area contributed by atoms with E-state index in [0.717, 1.165) is 11.3 Å². The largest absolute Gasteiger partial charge is 0.494 e. The van der Waals surface area contributed by atoms with Crippen molar-refractivity contribution in [2.24, 2.45) is 0 Å². The molecule has 0 saturated carbocycles. The molecule has 1 rings (SSSR count). The van der Waals surface area contributed by atoms with Crippen LogP contribution in [0.5, 0.6) is 5.75 Å². The summed E-state index contributed by atoms with van der Waals surface area (Å²) >= 11 is 0. The van der Waals surface area contributed by atoms with Crippen LogP contribution in [0.3, 0.4) is 0 Å². The summed E-state index contributed by atoms with van der Waals surface area (Å²) in [6, 6.07) is 7.77. The van der Waals surface area contributed by atoms with Crippen LogP contribution < -0.4 is 10.1 Å². The van der Waals surface area contributed by atoms with Crippen LogP contribution in [-0.4, -0.2) is 38.6 Å². The van der Waals surface area contributed by atoms with Gasteiger partial charge in [-0.25, -0.2) is 0 Å². The molecule has 0 spiro atoms. The first-order chi connectivity index (χ1) is 8.68. The Morgan fingerprint density at radius 3 is 2.67 bits per heavy atom. The zero-order chi connectivity index (χ0) is 13.4. The first-order valence-electron chi connectivity index (χ1n) is 6.25. The highest BCUT2D eigenvalue weighted by Crippen LogP contribution is 2.29. The molecule has 0 aromatic heterocycles. The molecular weight excluding hydrogens is 230 g/mol. The Hall–Kier alpha value is -1.10. The molecule has 2 N–H and O–H groups in total. The van der Waals surface area contributed by atoms with E-state index in [1.165, 1.54) is 0 Å². The van der Waals surface area contributed by atoms with E-state index in [4.69, 9.17) is 9.47 Å². The summed E-state index contributed by atoms with van der Waals surface area (Å²) < 4.78 is 10.6. The molecule has 0 amide bonds. The summed E-state index contributed by atoms with van der Waals surface area (Å²) in [5, 5.41) is 13.0. The third-order valence-electron chi connectivity index (χ3n) is 2.92. The van der Waals surface area contributed by atoms with Crippen molar-refractivity contribution < 1.29 is 14.6 Å². The maximum Gasteiger partial charge on any atom is 0.124 e. The highest BCUT2D eigenvalue weighted by atomic mass is 16.5. The van der Waals surface area contributed by atoms with Crippen molar-refractivity contribution in [1.82, 2.24) is 5.32 Å². The third kappa shape index (κ3) is 3.70. The van der Waals surface area contributed by atoms with E-state index in [1.54, 1.807) is 7.11 Å². The molecular formula is C14H23NO3. The molecule has 0 bridgehead atoms. The number of nitrogens with one attached hydrogen (secondary N) is 1. The van der Waals surface area contributed by atoms with Gasteiger partial charge in [0.15, 0.2) is 0 Å². The monoisotopic (exact) mass is 253 g/mol. The van der Waals surface area contributed by atoms with Gasteiger partial charge in [-0.15, -0.1) is 0 Å². The Bertz CT molecular complexity index is 357. The molecule has 4 heteroatoms. The predicted molar refractivity (Wildman–Crippen MR) is 71.9 cm³/mol. The second-order valence-electron chi connectivity index (χ2n) is 4.34. The average molecular weight is 253 g/mol. The maximum absolute atomic E-state index is 9.67. The zero-order valence-electron chi connectivity index (χ0n) is 11.4. The lowest BCUT2D eigenvalue weighted by Crippen LogP contribution is -2.44. The lowest BCUT2D eigenvalue weighted by Gasteiger charge is -2.31. The van der Waals surface area contributed by atoms with Crippen molar-refractivity contribution in [2.45, 2.75) is 19.4 Å². The van der Waals surface area contributed by atoms with E-state index < -0.39 is 5.54 Å². The summed E-state index contributed by atoms with van der Waals surface area (Å²) in [6.45, 7) is 5.80. The SMILES string of the molecule is CCOc1ccccc1C(C)(CO)NCCOC. The van der Waals surface area contributed by atoms with Gasteiger partial charge < -0.3 is 19.9 Å². The molecule has 1 aromatic rings. The van der Waals surface area contributed by atoms with Gasteiger partial charge in [0.05, 0.1) is 25.4 Å². The maximum atomic E-state index is 9.67. The standard InChI is InChI=1S/C14H23NO3/c1-4-18-13-8-6-5-7-12(13)14(2,11-16)15-9-10-17-3/h5-8,15-16H,4,9-11H2,1-3H3. The average Bonchev–Trinajstić information content (AvgIpc) is 2.40. The molecule has 0 aliphatic carbocycles. The van der Waals surface area contributed by atoms with Gasteiger partial charge >= 0.3 is 0 Å². The molecule has 1 atom stereocenters. The number of rotatable bonds is 8. The first-order valence-corrected chi connectivity index (χ1v) is 6.25. The Morgan fingerprint density at radius 2 is 2.06 bits per heavy atom. The Morgan fingerprint density at radius 1 is 1.33 bits per heavy atom. The van der Waals surface area contributed by atoms with Gasteiger partial charge in [0, 0.05) is 19.2 Å². The van der Waals surface area contributed by atoms with Crippen LogP contribution in [0, 0.1) is 0 Å². The molecule has 4 nitrogen and oxygen atoms in total. The van der Waals surface area contributed by atoms with E-state index in [1.807, 2.05) is 38.1 Å². The highest BCUT2D eigenvalue weighted by Gasteiger charge is 2.28. The van der Waals surface area contributed by atoms with Gasteiger partial charge in [-0.2, -0.15) is 0 Å². The highest BCUT2D eigenvalue weighted by molar-refractivity contribution is 5.39. The van der Waals surface area contributed by atoms with Crippen molar-refractivity contribution in [1.29, 1.82) is 0 Å². The number of hydrogen-bond donors (Lipinski definition) is 2. The Labute approximate surface area is 109 Å². The molecule has 0 radical (unpaired) electrons. The lowest BCUT2D eigenvalue weighted by molar-refractivity contribution is 0.145. The summed E-state index contributed by atoms with van der Waals surface area (Å²) in [5.74, 6) is 0.807.